The van der Waals surface area contributed by atoms with E-state index >= 15 is 0 Å². The predicted molar refractivity (Wildman–Crippen MR) is 158 cm³/mol. The van der Waals surface area contributed by atoms with E-state index in [-0.39, 0.29) is 29.4 Å². The van der Waals surface area contributed by atoms with Gasteiger partial charge in [0, 0.05) is 18.0 Å². The molecule has 39 heavy (non-hydrogen) atoms. The molecule has 0 radical (unpaired) electrons. The number of carbonyl (C=O) groups excluding carboxylic acids is 2. The van der Waals surface area contributed by atoms with E-state index in [1.807, 2.05) is 67.6 Å². The molecule has 1 aromatic heterocycles. The van der Waals surface area contributed by atoms with Crippen LogP contribution in [0.2, 0.25) is 10.0 Å². The highest BCUT2D eigenvalue weighted by molar-refractivity contribution is 6.44. The highest BCUT2D eigenvalue weighted by atomic mass is 35.5. The number of urea groups is 1. The Hall–Kier alpha value is -3.81. The van der Waals surface area contributed by atoms with Gasteiger partial charge in [-0.25, -0.2) is 9.48 Å². The first kappa shape index (κ1) is 28.2. The van der Waals surface area contributed by atoms with Crippen LogP contribution in [-0.2, 0) is 16.8 Å². The smallest absolute Gasteiger partial charge is 0.311 e. The molecule has 0 spiro atoms. The summed E-state index contributed by atoms with van der Waals surface area (Å²) in [5.74, 6) is 0.152. The topological polar surface area (TPSA) is 79.3 Å². The van der Waals surface area contributed by atoms with Crippen molar-refractivity contribution in [1.29, 1.82) is 0 Å². The summed E-state index contributed by atoms with van der Waals surface area (Å²) < 4.78 is 1.71. The number of rotatable bonds is 7. The molecule has 0 fully saturated rings. The summed E-state index contributed by atoms with van der Waals surface area (Å²) in [5, 5.41) is 11.1. The molecule has 4 rings (SSSR count). The first-order valence-corrected chi connectivity index (χ1v) is 13.3. The largest absolute Gasteiger partial charge is 0.322 e. The molecule has 202 valence electrons. The Morgan fingerprint density at radius 2 is 1.62 bits per heavy atom. The van der Waals surface area contributed by atoms with Gasteiger partial charge in [0.1, 0.15) is 12.4 Å². The van der Waals surface area contributed by atoms with Gasteiger partial charge in [-0.3, -0.25) is 4.79 Å². The molecule has 1 heterocycles. The number of hydrogen-bond donors (Lipinski definition) is 2. The van der Waals surface area contributed by atoms with Crippen LogP contribution in [0.4, 0.5) is 16.3 Å². The van der Waals surface area contributed by atoms with Gasteiger partial charge in [0.15, 0.2) is 0 Å². The fourth-order valence-electron chi connectivity index (χ4n) is 3.87. The first-order valence-electron chi connectivity index (χ1n) is 12.5. The lowest BCUT2D eigenvalue weighted by molar-refractivity contribution is -0.116. The van der Waals surface area contributed by atoms with E-state index in [1.165, 1.54) is 4.90 Å². The number of aromatic nitrogens is 2. The van der Waals surface area contributed by atoms with Crippen molar-refractivity contribution in [2.75, 3.05) is 17.2 Å². The van der Waals surface area contributed by atoms with E-state index in [0.29, 0.717) is 16.5 Å². The van der Waals surface area contributed by atoms with Crippen LogP contribution in [0.15, 0.2) is 78.9 Å². The van der Waals surface area contributed by atoms with Gasteiger partial charge in [-0.1, -0.05) is 98.1 Å². The Kier molecular flexibility index (Phi) is 8.63. The van der Waals surface area contributed by atoms with Gasteiger partial charge < -0.3 is 15.5 Å². The third kappa shape index (κ3) is 7.19. The fraction of sp³-hybridized carbons (Fsp3) is 0.233. The monoisotopic (exact) mass is 563 g/mol. The number of hydrogen-bond acceptors (Lipinski definition) is 3. The van der Waals surface area contributed by atoms with E-state index in [4.69, 9.17) is 28.3 Å². The van der Waals surface area contributed by atoms with Crippen molar-refractivity contribution in [2.45, 2.75) is 39.7 Å². The number of anilines is 2. The van der Waals surface area contributed by atoms with Crippen molar-refractivity contribution in [3.8, 4) is 5.69 Å². The molecule has 0 saturated heterocycles. The zero-order chi connectivity index (χ0) is 28.2. The number of amides is 3. The van der Waals surface area contributed by atoms with Crippen LogP contribution < -0.4 is 10.6 Å². The average Bonchev–Trinajstić information content (AvgIpc) is 3.31. The molecule has 0 aliphatic rings. The number of nitrogens with zero attached hydrogens (tertiary/aromatic N) is 3. The van der Waals surface area contributed by atoms with Crippen molar-refractivity contribution in [3.63, 3.8) is 0 Å². The summed E-state index contributed by atoms with van der Waals surface area (Å²) >= 11 is 12.4. The fourth-order valence-corrected chi connectivity index (χ4v) is 4.22. The first-order chi connectivity index (χ1) is 18.5. The van der Waals surface area contributed by atoms with Crippen LogP contribution >= 0.6 is 23.2 Å². The maximum absolute atomic E-state index is 13.4. The van der Waals surface area contributed by atoms with Crippen molar-refractivity contribution in [1.82, 2.24) is 14.7 Å². The number of halogens is 2. The van der Waals surface area contributed by atoms with Gasteiger partial charge in [-0.2, -0.15) is 5.10 Å². The molecule has 3 amide bonds. The SMILES string of the molecule is Cc1ccc(-n2nc(C(C)(C)C)cc2NC(=O)CN(Cc2ccccc2)C(=O)Nc2cccc(Cl)c2Cl)cc1. The molecule has 3 aromatic carbocycles. The Balaban J connectivity index is 1.59. The molecule has 7 nitrogen and oxygen atoms in total. The summed E-state index contributed by atoms with van der Waals surface area (Å²) in [6, 6.07) is 23.7. The lowest BCUT2D eigenvalue weighted by Gasteiger charge is -2.23. The summed E-state index contributed by atoms with van der Waals surface area (Å²) in [4.78, 5) is 28.1. The van der Waals surface area contributed by atoms with Crippen LogP contribution in [0.25, 0.3) is 5.69 Å². The molecule has 2 N–H and O–H groups in total. The van der Waals surface area contributed by atoms with E-state index in [0.717, 1.165) is 22.5 Å². The lowest BCUT2D eigenvalue weighted by atomic mass is 9.92. The Morgan fingerprint density at radius 1 is 0.923 bits per heavy atom. The minimum Gasteiger partial charge on any atom is -0.311 e. The Morgan fingerprint density at radius 3 is 2.28 bits per heavy atom. The summed E-state index contributed by atoms with van der Waals surface area (Å²) in [6.45, 7) is 8.21. The number of aryl methyl sites for hydroxylation is 1. The lowest BCUT2D eigenvalue weighted by Crippen LogP contribution is -2.40. The van der Waals surface area contributed by atoms with Gasteiger partial charge in [0.2, 0.25) is 5.91 Å². The van der Waals surface area contributed by atoms with Crippen LogP contribution in [0.1, 0.15) is 37.6 Å². The number of nitrogens with one attached hydrogen (secondary N) is 2. The van der Waals surface area contributed by atoms with Gasteiger partial charge in [-0.05, 0) is 36.8 Å². The minimum atomic E-state index is -0.486. The second kappa shape index (κ2) is 11.9. The van der Waals surface area contributed by atoms with Crippen molar-refractivity contribution in [2.24, 2.45) is 0 Å². The molecule has 0 atom stereocenters. The number of carbonyl (C=O) groups is 2. The molecule has 0 unspecified atom stereocenters. The van der Waals surface area contributed by atoms with E-state index in [9.17, 15) is 9.59 Å². The van der Waals surface area contributed by atoms with Crippen molar-refractivity contribution in [3.05, 3.63) is 106 Å². The summed E-state index contributed by atoms with van der Waals surface area (Å²) in [6.07, 6.45) is 0. The third-order valence-electron chi connectivity index (χ3n) is 6.05. The maximum atomic E-state index is 13.4. The molecule has 0 bridgehead atoms. The Bertz CT molecular complexity index is 1460. The minimum absolute atomic E-state index is 0.206. The van der Waals surface area contributed by atoms with E-state index in [1.54, 1.807) is 22.9 Å². The Labute approximate surface area is 238 Å². The molecule has 9 heteroatoms. The van der Waals surface area contributed by atoms with Crippen molar-refractivity contribution < 1.29 is 9.59 Å². The molecular formula is C30H31Cl2N5O2. The molecule has 0 saturated carbocycles. The highest BCUT2D eigenvalue weighted by Gasteiger charge is 2.24. The summed E-state index contributed by atoms with van der Waals surface area (Å²) in [5.41, 5.74) is 3.77. The second-order valence-corrected chi connectivity index (χ2v) is 11.1. The van der Waals surface area contributed by atoms with E-state index < -0.39 is 6.03 Å². The molecule has 0 aliphatic carbocycles. The van der Waals surface area contributed by atoms with Gasteiger partial charge in [0.05, 0.1) is 27.1 Å². The average molecular weight is 565 g/mol. The summed E-state index contributed by atoms with van der Waals surface area (Å²) in [7, 11) is 0. The third-order valence-corrected chi connectivity index (χ3v) is 6.87. The van der Waals surface area contributed by atoms with Crippen LogP contribution in [0.5, 0.6) is 0 Å². The second-order valence-electron chi connectivity index (χ2n) is 10.3. The predicted octanol–water partition coefficient (Wildman–Crippen LogP) is 7.46. The zero-order valence-electron chi connectivity index (χ0n) is 22.3. The van der Waals surface area contributed by atoms with Gasteiger partial charge >= 0.3 is 6.03 Å². The van der Waals surface area contributed by atoms with Crippen LogP contribution in [0.3, 0.4) is 0 Å². The molecular weight excluding hydrogens is 533 g/mol. The molecule has 0 aliphatic heterocycles. The molecule has 4 aromatic rings. The zero-order valence-corrected chi connectivity index (χ0v) is 23.8. The normalized spacial score (nSPS) is 11.2. The quantitative estimate of drug-likeness (QED) is 0.245. The van der Waals surface area contributed by atoms with Crippen molar-refractivity contribution >= 4 is 46.6 Å². The highest BCUT2D eigenvalue weighted by Crippen LogP contribution is 2.30. The van der Waals surface area contributed by atoms with E-state index in [2.05, 4.69) is 31.4 Å². The van der Waals surface area contributed by atoms with Crippen LogP contribution in [0, 0.1) is 6.92 Å². The maximum Gasteiger partial charge on any atom is 0.322 e. The standard InChI is InChI=1S/C30H31Cl2N5O2/c1-20-13-15-22(16-14-20)37-26(17-25(35-37)30(2,3)4)34-27(38)19-36(18-21-9-6-5-7-10-21)29(39)33-24-12-8-11-23(31)28(24)32/h5-17H,18-19H2,1-4H3,(H,33,39)(H,34,38). The van der Waals surface area contributed by atoms with Gasteiger partial charge in [0.25, 0.3) is 0 Å². The number of benzene rings is 3. The van der Waals surface area contributed by atoms with Gasteiger partial charge in [-0.15, -0.1) is 0 Å². The van der Waals surface area contributed by atoms with Crippen LogP contribution in [-0.4, -0.2) is 33.2 Å².